The molecule has 0 radical (unpaired) electrons. The highest BCUT2D eigenvalue weighted by Gasteiger charge is 2.32. The molecule has 0 saturated carbocycles. The van der Waals surface area contributed by atoms with Crippen molar-refractivity contribution in [3.8, 4) is 0 Å². The van der Waals surface area contributed by atoms with Gasteiger partial charge in [-0.1, -0.05) is 6.07 Å². The number of fused-ring (bicyclic) bond motifs is 2. The topological polar surface area (TPSA) is 66.7 Å². The standard InChI is InChI=1S/C17H20N4O2.ClH/c22-16(20-7-4-12-9-18-10-13(12)5-8-20)14-11-19-15-3-1-2-6-21(15)17(14)23;/h1-3,6,11-13,18H,4-5,7-10H2;1H/t12-,13+;. The molecule has 1 N–H and O–H groups in total. The van der Waals surface area contributed by atoms with Gasteiger partial charge < -0.3 is 10.2 Å². The van der Waals surface area contributed by atoms with E-state index >= 15 is 0 Å². The predicted molar refractivity (Wildman–Crippen MR) is 93.7 cm³/mol. The summed E-state index contributed by atoms with van der Waals surface area (Å²) in [6.07, 6.45) is 5.09. The molecule has 0 unspecified atom stereocenters. The number of hydrogen-bond acceptors (Lipinski definition) is 4. The van der Waals surface area contributed by atoms with Gasteiger partial charge in [0.1, 0.15) is 11.2 Å². The van der Waals surface area contributed by atoms with Crippen LogP contribution in [0, 0.1) is 11.8 Å². The molecular formula is C17H21ClN4O2. The van der Waals surface area contributed by atoms with Crippen molar-refractivity contribution >= 4 is 24.0 Å². The van der Waals surface area contributed by atoms with Crippen LogP contribution in [0.15, 0.2) is 35.4 Å². The summed E-state index contributed by atoms with van der Waals surface area (Å²) in [5.41, 5.74) is 0.441. The van der Waals surface area contributed by atoms with Gasteiger partial charge in [0.05, 0.1) is 0 Å². The molecule has 2 saturated heterocycles. The fourth-order valence-corrected chi connectivity index (χ4v) is 3.76. The van der Waals surface area contributed by atoms with E-state index in [9.17, 15) is 9.59 Å². The summed E-state index contributed by atoms with van der Waals surface area (Å²) in [5.74, 6) is 1.13. The molecule has 0 aromatic carbocycles. The average molecular weight is 349 g/mol. The molecule has 2 aliphatic heterocycles. The number of carbonyl (C=O) groups is 1. The van der Waals surface area contributed by atoms with Crippen molar-refractivity contribution < 1.29 is 4.79 Å². The monoisotopic (exact) mass is 348 g/mol. The quantitative estimate of drug-likeness (QED) is 0.840. The van der Waals surface area contributed by atoms with E-state index in [-0.39, 0.29) is 29.4 Å². The van der Waals surface area contributed by atoms with Crippen LogP contribution < -0.4 is 10.9 Å². The van der Waals surface area contributed by atoms with Crippen molar-refractivity contribution in [1.82, 2.24) is 19.6 Å². The molecule has 2 atom stereocenters. The van der Waals surface area contributed by atoms with Gasteiger partial charge in [0.2, 0.25) is 0 Å². The number of likely N-dealkylation sites (tertiary alicyclic amines) is 1. The highest BCUT2D eigenvalue weighted by molar-refractivity contribution is 5.93. The van der Waals surface area contributed by atoms with Crippen molar-refractivity contribution in [2.24, 2.45) is 11.8 Å². The summed E-state index contributed by atoms with van der Waals surface area (Å²) in [6, 6.07) is 5.35. The van der Waals surface area contributed by atoms with Crippen LogP contribution in [0.1, 0.15) is 23.2 Å². The largest absolute Gasteiger partial charge is 0.338 e. The fourth-order valence-electron chi connectivity index (χ4n) is 3.76. The normalized spacial score (nSPS) is 23.4. The minimum Gasteiger partial charge on any atom is -0.338 e. The summed E-state index contributed by atoms with van der Waals surface area (Å²) in [4.78, 5) is 31.4. The number of halogens is 1. The van der Waals surface area contributed by atoms with Crippen LogP contribution in [0.3, 0.4) is 0 Å². The maximum Gasteiger partial charge on any atom is 0.270 e. The number of nitrogens with zero attached hydrogens (tertiary/aromatic N) is 3. The van der Waals surface area contributed by atoms with Crippen LogP contribution in [0.25, 0.3) is 5.65 Å². The summed E-state index contributed by atoms with van der Waals surface area (Å²) >= 11 is 0. The lowest BCUT2D eigenvalue weighted by Crippen LogP contribution is -2.37. The van der Waals surface area contributed by atoms with Crippen LogP contribution in [0.2, 0.25) is 0 Å². The van der Waals surface area contributed by atoms with Gasteiger partial charge >= 0.3 is 0 Å². The molecule has 2 aromatic heterocycles. The molecule has 0 spiro atoms. The molecule has 128 valence electrons. The number of aromatic nitrogens is 2. The molecule has 2 fully saturated rings. The molecule has 24 heavy (non-hydrogen) atoms. The van der Waals surface area contributed by atoms with E-state index in [0.717, 1.165) is 39.0 Å². The first-order valence-electron chi connectivity index (χ1n) is 8.20. The van der Waals surface area contributed by atoms with Gasteiger partial charge in [-0.3, -0.25) is 14.0 Å². The third-order valence-corrected chi connectivity index (χ3v) is 5.15. The average Bonchev–Trinajstić information content (AvgIpc) is 2.93. The first-order chi connectivity index (χ1) is 11.2. The van der Waals surface area contributed by atoms with Crippen molar-refractivity contribution in [3.05, 3.63) is 46.5 Å². The first kappa shape index (κ1) is 16.9. The second kappa shape index (κ2) is 6.91. The number of nitrogens with one attached hydrogen (secondary N) is 1. The highest BCUT2D eigenvalue weighted by atomic mass is 35.5. The Morgan fingerprint density at radius 1 is 1.17 bits per heavy atom. The van der Waals surface area contributed by atoms with Gasteiger partial charge in [-0.15, -0.1) is 12.4 Å². The Morgan fingerprint density at radius 2 is 1.88 bits per heavy atom. The van der Waals surface area contributed by atoms with Gasteiger partial charge in [-0.2, -0.15) is 0 Å². The van der Waals surface area contributed by atoms with Crippen molar-refractivity contribution in [1.29, 1.82) is 0 Å². The Kier molecular flexibility index (Phi) is 4.87. The molecule has 2 aliphatic rings. The minimum absolute atomic E-state index is 0. The van der Waals surface area contributed by atoms with E-state index in [0.29, 0.717) is 17.5 Å². The van der Waals surface area contributed by atoms with E-state index in [4.69, 9.17) is 0 Å². The van der Waals surface area contributed by atoms with Crippen LogP contribution in [-0.2, 0) is 0 Å². The summed E-state index contributed by atoms with van der Waals surface area (Å²) in [6.45, 7) is 3.54. The molecule has 6 nitrogen and oxygen atoms in total. The SMILES string of the molecule is Cl.O=C(c1cnc2ccccn2c1=O)N1CC[C@@H]2CNC[C@@H]2CC1. The van der Waals surface area contributed by atoms with E-state index in [1.807, 2.05) is 11.0 Å². The smallest absolute Gasteiger partial charge is 0.270 e. The van der Waals surface area contributed by atoms with Crippen LogP contribution in [0.4, 0.5) is 0 Å². The second-order valence-electron chi connectivity index (χ2n) is 6.45. The van der Waals surface area contributed by atoms with Gasteiger partial charge in [0.15, 0.2) is 0 Å². The molecular weight excluding hydrogens is 328 g/mol. The van der Waals surface area contributed by atoms with E-state index < -0.39 is 0 Å². The zero-order chi connectivity index (χ0) is 15.8. The number of carbonyl (C=O) groups excluding carboxylic acids is 1. The maximum absolute atomic E-state index is 12.8. The fraction of sp³-hybridized carbons (Fsp3) is 0.471. The Hall–Kier alpha value is -1.92. The molecule has 7 heteroatoms. The van der Waals surface area contributed by atoms with Crippen molar-refractivity contribution in [3.63, 3.8) is 0 Å². The molecule has 2 aromatic rings. The van der Waals surface area contributed by atoms with Crippen molar-refractivity contribution in [2.75, 3.05) is 26.2 Å². The van der Waals surface area contributed by atoms with Gasteiger partial charge in [0, 0.05) is 25.5 Å². The maximum atomic E-state index is 12.8. The lowest BCUT2D eigenvalue weighted by molar-refractivity contribution is 0.0756. The summed E-state index contributed by atoms with van der Waals surface area (Å²) < 4.78 is 1.43. The lowest BCUT2D eigenvalue weighted by atomic mass is 9.92. The molecule has 4 rings (SSSR count). The van der Waals surface area contributed by atoms with Crippen LogP contribution in [0.5, 0.6) is 0 Å². The zero-order valence-corrected chi connectivity index (χ0v) is 14.2. The molecule has 4 heterocycles. The molecule has 1 amide bonds. The van der Waals surface area contributed by atoms with Gasteiger partial charge in [0.25, 0.3) is 11.5 Å². The Bertz CT molecular complexity index is 793. The van der Waals surface area contributed by atoms with Crippen molar-refractivity contribution in [2.45, 2.75) is 12.8 Å². The summed E-state index contributed by atoms with van der Waals surface area (Å²) in [7, 11) is 0. The van der Waals surface area contributed by atoms with Gasteiger partial charge in [-0.25, -0.2) is 4.98 Å². The lowest BCUT2D eigenvalue weighted by Gasteiger charge is -2.20. The minimum atomic E-state index is -0.285. The first-order valence-corrected chi connectivity index (χ1v) is 8.20. The molecule has 0 bridgehead atoms. The van der Waals surface area contributed by atoms with E-state index in [2.05, 4.69) is 10.3 Å². The van der Waals surface area contributed by atoms with E-state index in [1.165, 1.54) is 10.6 Å². The predicted octanol–water partition coefficient (Wildman–Crippen LogP) is 1.19. The number of hydrogen-bond donors (Lipinski definition) is 1. The van der Waals surface area contributed by atoms with E-state index in [1.54, 1.807) is 18.3 Å². The third-order valence-electron chi connectivity index (χ3n) is 5.15. The number of pyridine rings is 1. The van der Waals surface area contributed by atoms with Crippen LogP contribution in [-0.4, -0.2) is 46.4 Å². The highest BCUT2D eigenvalue weighted by Crippen LogP contribution is 2.27. The zero-order valence-electron chi connectivity index (χ0n) is 13.4. The Labute approximate surface area is 146 Å². The third kappa shape index (κ3) is 2.91. The Morgan fingerprint density at radius 3 is 2.58 bits per heavy atom. The van der Waals surface area contributed by atoms with Crippen LogP contribution >= 0.6 is 12.4 Å². The molecule has 0 aliphatic carbocycles. The van der Waals surface area contributed by atoms with Gasteiger partial charge in [-0.05, 0) is 49.9 Å². The summed E-state index contributed by atoms with van der Waals surface area (Å²) in [5, 5.41) is 3.43. The number of rotatable bonds is 1. The second-order valence-corrected chi connectivity index (χ2v) is 6.45. The number of amides is 1. The Balaban J connectivity index is 0.00000169.